The van der Waals surface area contributed by atoms with Crippen molar-refractivity contribution in [2.24, 2.45) is 10.2 Å². The minimum absolute atomic E-state index is 0.0828. The zero-order chi connectivity index (χ0) is 31.4. The normalized spacial score (nSPS) is 12.4. The molecule has 0 bridgehead atoms. The Bertz CT molecular complexity index is 1530. The smallest absolute Gasteiger partial charge is 0.179 e. The number of rotatable bonds is 16. The molecule has 12 nitrogen and oxygen atoms in total. The average Bonchev–Trinajstić information content (AvgIpc) is 2.99. The number of sulfone groups is 1. The zero-order valence-corrected chi connectivity index (χ0v) is 25.5. The molecule has 0 saturated carbocycles. The lowest BCUT2D eigenvalue weighted by Gasteiger charge is -2.20. The summed E-state index contributed by atoms with van der Waals surface area (Å²) in [5, 5.41) is 53.4. The summed E-state index contributed by atoms with van der Waals surface area (Å²) in [6.07, 6.45) is -0.0880. The number of para-hydroxylation sites is 1. The third-order valence-electron chi connectivity index (χ3n) is 6.69. The lowest BCUT2D eigenvalue weighted by molar-refractivity contribution is 0.167. The molecule has 0 aliphatic heterocycles. The van der Waals surface area contributed by atoms with Crippen molar-refractivity contribution in [3.63, 3.8) is 0 Å². The van der Waals surface area contributed by atoms with Crippen molar-refractivity contribution in [3.8, 4) is 6.07 Å². The quantitative estimate of drug-likeness (QED) is 0.150. The average molecular weight is 610 g/mol. The van der Waals surface area contributed by atoms with E-state index in [4.69, 9.17) is 0 Å². The monoisotopic (exact) mass is 609 g/mol. The van der Waals surface area contributed by atoms with Crippen molar-refractivity contribution in [1.82, 2.24) is 9.88 Å². The Labute approximate surface area is 252 Å². The van der Waals surface area contributed by atoms with Gasteiger partial charge in [0.25, 0.3) is 0 Å². The number of aliphatic hydroxyl groups excluding tert-OH is 3. The molecule has 0 saturated heterocycles. The van der Waals surface area contributed by atoms with E-state index in [-0.39, 0.29) is 61.4 Å². The van der Waals surface area contributed by atoms with E-state index in [1.165, 1.54) is 6.07 Å². The van der Waals surface area contributed by atoms with Gasteiger partial charge in [0.05, 0.1) is 41.2 Å². The van der Waals surface area contributed by atoms with Crippen LogP contribution in [0.4, 0.5) is 28.7 Å². The second-order valence-electron chi connectivity index (χ2n) is 9.94. The molecule has 1 atom stereocenters. The highest BCUT2D eigenvalue weighted by Crippen LogP contribution is 2.37. The van der Waals surface area contributed by atoms with Crippen LogP contribution in [0.15, 0.2) is 63.7 Å². The number of nitriles is 1. The first-order valence-electron chi connectivity index (χ1n) is 14.0. The van der Waals surface area contributed by atoms with Crippen molar-refractivity contribution in [3.05, 3.63) is 65.2 Å². The van der Waals surface area contributed by atoms with Crippen molar-refractivity contribution >= 4 is 38.5 Å². The molecule has 0 fully saturated rings. The van der Waals surface area contributed by atoms with Gasteiger partial charge in [-0.25, -0.2) is 13.4 Å². The SMILES string of the molecule is CCc1ccc(S(=O)(=O)CCN(CCO)CCO)cc1N=Nc1c(Nc2ccccc2)nc(NCC(C)O)c(C#N)c1C. The Morgan fingerprint density at radius 3 is 2.35 bits per heavy atom. The summed E-state index contributed by atoms with van der Waals surface area (Å²) in [6, 6.07) is 16.2. The van der Waals surface area contributed by atoms with Gasteiger partial charge >= 0.3 is 0 Å². The number of nitrogens with one attached hydrogen (secondary N) is 2. The minimum atomic E-state index is -3.71. The fourth-order valence-corrected chi connectivity index (χ4v) is 5.59. The van der Waals surface area contributed by atoms with E-state index in [1.807, 2.05) is 37.3 Å². The second-order valence-corrected chi connectivity index (χ2v) is 12.1. The fraction of sp³-hybridized carbons (Fsp3) is 0.400. The molecule has 0 spiro atoms. The van der Waals surface area contributed by atoms with E-state index in [9.17, 15) is 29.0 Å². The Balaban J connectivity index is 2.04. The standard InChI is InChI=1S/C30H39N7O5S/c1-4-23-10-11-25(43(41,42)17-14-37(12-15-38)13-16-39)18-27(23)35-36-28-22(3)26(19-31)29(32-20-21(2)40)34-30(28)33-24-8-6-5-7-9-24/h5-11,18,21,38-40H,4,12-17,20H2,1-3H3,(H2,32,33,34). The topological polar surface area (TPSA) is 184 Å². The Morgan fingerprint density at radius 1 is 1.05 bits per heavy atom. The maximum absolute atomic E-state index is 13.2. The van der Waals surface area contributed by atoms with Crippen LogP contribution in [0.2, 0.25) is 0 Å². The molecule has 43 heavy (non-hydrogen) atoms. The number of hydrogen-bond acceptors (Lipinski definition) is 12. The molecule has 0 amide bonds. The van der Waals surface area contributed by atoms with Crippen LogP contribution in [0.1, 0.15) is 30.5 Å². The van der Waals surface area contributed by atoms with Gasteiger partial charge in [0.2, 0.25) is 0 Å². The molecule has 1 aromatic heterocycles. The van der Waals surface area contributed by atoms with Gasteiger partial charge in [-0.1, -0.05) is 31.2 Å². The molecular weight excluding hydrogens is 570 g/mol. The molecule has 230 valence electrons. The maximum Gasteiger partial charge on any atom is 0.179 e. The van der Waals surface area contributed by atoms with Gasteiger partial charge in [-0.05, 0) is 50.1 Å². The molecule has 2 aromatic carbocycles. The van der Waals surface area contributed by atoms with E-state index >= 15 is 0 Å². The van der Waals surface area contributed by atoms with Crippen LogP contribution in [0.3, 0.4) is 0 Å². The van der Waals surface area contributed by atoms with Crippen molar-refractivity contribution in [2.75, 3.05) is 55.8 Å². The van der Waals surface area contributed by atoms with Crippen LogP contribution in [0.25, 0.3) is 0 Å². The highest BCUT2D eigenvalue weighted by molar-refractivity contribution is 7.91. The molecule has 5 N–H and O–H groups in total. The number of pyridine rings is 1. The highest BCUT2D eigenvalue weighted by Gasteiger charge is 2.20. The van der Waals surface area contributed by atoms with Crippen LogP contribution in [0, 0.1) is 18.3 Å². The number of nitrogens with zero attached hydrogens (tertiary/aromatic N) is 5. The number of aryl methyl sites for hydroxylation is 1. The number of aliphatic hydroxyl groups is 3. The first kappa shape index (κ1) is 33.6. The van der Waals surface area contributed by atoms with Crippen molar-refractivity contribution in [2.45, 2.75) is 38.2 Å². The summed E-state index contributed by atoms with van der Waals surface area (Å²) in [4.78, 5) is 6.37. The molecule has 0 aliphatic carbocycles. The second kappa shape index (κ2) is 16.1. The summed E-state index contributed by atoms with van der Waals surface area (Å²) in [5.41, 5.74) is 2.94. The molecule has 3 rings (SSSR count). The predicted octanol–water partition coefficient (Wildman–Crippen LogP) is 3.84. The fourth-order valence-electron chi connectivity index (χ4n) is 4.29. The summed E-state index contributed by atoms with van der Waals surface area (Å²) >= 11 is 0. The van der Waals surface area contributed by atoms with Crippen LogP contribution in [-0.4, -0.2) is 84.9 Å². The van der Waals surface area contributed by atoms with Crippen LogP contribution >= 0.6 is 0 Å². The highest BCUT2D eigenvalue weighted by atomic mass is 32.2. The van der Waals surface area contributed by atoms with E-state index in [0.717, 1.165) is 11.3 Å². The largest absolute Gasteiger partial charge is 0.395 e. The molecule has 0 aliphatic rings. The molecular formula is C30H39N7O5S. The number of hydrogen-bond donors (Lipinski definition) is 5. The van der Waals surface area contributed by atoms with Gasteiger partial charge in [0.15, 0.2) is 15.7 Å². The lowest BCUT2D eigenvalue weighted by Crippen LogP contribution is -2.34. The summed E-state index contributed by atoms with van der Waals surface area (Å²) in [7, 11) is -3.71. The van der Waals surface area contributed by atoms with E-state index in [0.29, 0.717) is 29.2 Å². The minimum Gasteiger partial charge on any atom is -0.395 e. The first-order valence-corrected chi connectivity index (χ1v) is 15.7. The van der Waals surface area contributed by atoms with Crippen molar-refractivity contribution < 1.29 is 23.7 Å². The van der Waals surface area contributed by atoms with E-state index < -0.39 is 15.9 Å². The summed E-state index contributed by atoms with van der Waals surface area (Å²) in [5.74, 6) is 0.418. The molecule has 1 heterocycles. The van der Waals surface area contributed by atoms with E-state index in [2.05, 4.69) is 31.9 Å². The summed E-state index contributed by atoms with van der Waals surface area (Å²) < 4.78 is 26.4. The molecule has 1 unspecified atom stereocenters. The van der Waals surface area contributed by atoms with Gasteiger partial charge in [0, 0.05) is 37.4 Å². The zero-order valence-electron chi connectivity index (χ0n) is 24.7. The van der Waals surface area contributed by atoms with Crippen molar-refractivity contribution in [1.29, 1.82) is 5.26 Å². The molecule has 13 heteroatoms. The van der Waals surface area contributed by atoms with Gasteiger partial charge in [0.1, 0.15) is 17.6 Å². The summed E-state index contributed by atoms with van der Waals surface area (Å²) in [6.45, 7) is 5.85. The van der Waals surface area contributed by atoms with Gasteiger partial charge < -0.3 is 26.0 Å². The van der Waals surface area contributed by atoms with Crippen LogP contribution in [0.5, 0.6) is 0 Å². The first-order chi connectivity index (χ1) is 20.6. The molecule has 3 aromatic rings. The lowest BCUT2D eigenvalue weighted by atomic mass is 10.1. The van der Waals surface area contributed by atoms with Gasteiger partial charge in [-0.3, -0.25) is 4.90 Å². The number of aromatic nitrogens is 1. The Morgan fingerprint density at radius 2 is 1.74 bits per heavy atom. The number of benzene rings is 2. The third-order valence-corrected chi connectivity index (χ3v) is 8.38. The van der Waals surface area contributed by atoms with Gasteiger partial charge in [-0.2, -0.15) is 10.4 Å². The van der Waals surface area contributed by atoms with Gasteiger partial charge in [-0.15, -0.1) is 5.11 Å². The maximum atomic E-state index is 13.2. The Hall–Kier alpha value is -3.93. The number of azo groups is 1. The number of anilines is 3. The molecule has 0 radical (unpaired) electrons. The third kappa shape index (κ3) is 9.28. The van der Waals surface area contributed by atoms with Crippen LogP contribution in [-0.2, 0) is 16.3 Å². The van der Waals surface area contributed by atoms with E-state index in [1.54, 1.807) is 30.9 Å². The Kier molecular flexibility index (Phi) is 12.5. The predicted molar refractivity (Wildman–Crippen MR) is 166 cm³/mol. The van der Waals surface area contributed by atoms with Crippen LogP contribution < -0.4 is 10.6 Å².